The lowest BCUT2D eigenvalue weighted by Gasteiger charge is -2.10. The van der Waals surface area contributed by atoms with Crippen molar-refractivity contribution in [2.45, 2.75) is 4.21 Å². The zero-order valence-electron chi connectivity index (χ0n) is 11.6. The van der Waals surface area contributed by atoms with Gasteiger partial charge in [0, 0.05) is 6.07 Å². The molecule has 2 N–H and O–H groups in total. The summed E-state index contributed by atoms with van der Waals surface area (Å²) in [6.45, 7) is 0. The largest absolute Gasteiger partial charge is 0.508 e. The van der Waals surface area contributed by atoms with Gasteiger partial charge >= 0.3 is 5.97 Å². The Hall–Kier alpha value is -2.33. The zero-order chi connectivity index (χ0) is 16.3. The highest BCUT2D eigenvalue weighted by Gasteiger charge is 2.22. The number of hydrogen-bond donors (Lipinski definition) is 2. The van der Waals surface area contributed by atoms with Crippen LogP contribution in [0.25, 0.3) is 0 Å². The van der Waals surface area contributed by atoms with Gasteiger partial charge in [0.05, 0.1) is 31.7 Å². The molecule has 0 bridgehead atoms. The van der Waals surface area contributed by atoms with Crippen molar-refractivity contribution in [2.24, 2.45) is 0 Å². The van der Waals surface area contributed by atoms with Crippen LogP contribution in [0, 0.1) is 0 Å². The van der Waals surface area contributed by atoms with Crippen LogP contribution in [0.4, 0.5) is 5.69 Å². The van der Waals surface area contributed by atoms with Crippen LogP contribution in [-0.2, 0) is 14.8 Å². The van der Waals surface area contributed by atoms with Gasteiger partial charge in [0.25, 0.3) is 15.2 Å². The highest BCUT2D eigenvalue weighted by molar-refractivity contribution is 7.94. The van der Waals surface area contributed by atoms with E-state index in [9.17, 15) is 18.3 Å². The minimum atomic E-state index is -3.98. The summed E-state index contributed by atoms with van der Waals surface area (Å²) in [6, 6.07) is 3.62. The summed E-state index contributed by atoms with van der Waals surface area (Å²) in [5.41, 5.74) is -0.125. The molecule has 0 aliphatic heterocycles. The predicted octanol–water partition coefficient (Wildman–Crippen LogP) is 1.44. The Kier molecular flexibility index (Phi) is 4.52. The Morgan fingerprint density at radius 3 is 2.68 bits per heavy atom. The molecule has 22 heavy (non-hydrogen) atoms. The predicted molar refractivity (Wildman–Crippen MR) is 78.9 cm³/mol. The molecule has 118 valence electrons. The van der Waals surface area contributed by atoms with Gasteiger partial charge in [-0.3, -0.25) is 4.72 Å². The molecule has 0 saturated carbocycles. The van der Waals surface area contributed by atoms with Crippen molar-refractivity contribution in [1.82, 2.24) is 4.98 Å². The number of anilines is 1. The number of phenols is 1. The molecule has 0 aliphatic rings. The van der Waals surface area contributed by atoms with E-state index in [0.29, 0.717) is 0 Å². The number of carbonyl (C=O) groups is 1. The van der Waals surface area contributed by atoms with Crippen molar-refractivity contribution < 1.29 is 27.8 Å². The number of nitrogens with one attached hydrogen (secondary N) is 1. The van der Waals surface area contributed by atoms with Crippen molar-refractivity contribution in [3.8, 4) is 10.9 Å². The van der Waals surface area contributed by atoms with E-state index in [0.717, 1.165) is 23.6 Å². The zero-order valence-corrected chi connectivity index (χ0v) is 13.2. The van der Waals surface area contributed by atoms with E-state index in [2.05, 4.69) is 14.4 Å². The van der Waals surface area contributed by atoms with Gasteiger partial charge in [-0.25, -0.2) is 18.2 Å². The van der Waals surface area contributed by atoms with Crippen LogP contribution in [-0.4, -0.2) is 38.7 Å². The Labute approximate surface area is 130 Å². The molecule has 0 unspecified atom stereocenters. The molecule has 0 saturated heterocycles. The Morgan fingerprint density at radius 2 is 2.09 bits per heavy atom. The van der Waals surface area contributed by atoms with Crippen molar-refractivity contribution in [3.05, 3.63) is 30.0 Å². The normalized spacial score (nSPS) is 11.0. The number of thiazole rings is 1. The number of esters is 1. The number of nitrogens with zero attached hydrogens (tertiary/aromatic N) is 1. The molecule has 0 amide bonds. The number of sulfonamides is 1. The molecule has 0 radical (unpaired) electrons. The summed E-state index contributed by atoms with van der Waals surface area (Å²) < 4.78 is 36.1. The average Bonchev–Trinajstić information content (AvgIpc) is 2.96. The van der Waals surface area contributed by atoms with Gasteiger partial charge in [-0.2, -0.15) is 0 Å². The van der Waals surface area contributed by atoms with Gasteiger partial charge in [-0.1, -0.05) is 11.3 Å². The lowest BCUT2D eigenvalue weighted by Crippen LogP contribution is -2.15. The molecule has 0 fully saturated rings. The summed E-state index contributed by atoms with van der Waals surface area (Å²) in [7, 11) is -1.44. The third-order valence-electron chi connectivity index (χ3n) is 2.56. The topological polar surface area (TPSA) is 115 Å². The lowest BCUT2D eigenvalue weighted by atomic mass is 10.2. The van der Waals surface area contributed by atoms with Crippen LogP contribution in [0.3, 0.4) is 0 Å². The maximum atomic E-state index is 12.3. The molecule has 1 aromatic heterocycles. The van der Waals surface area contributed by atoms with Crippen molar-refractivity contribution in [2.75, 3.05) is 18.9 Å². The molecule has 2 aromatic rings. The first-order valence-corrected chi connectivity index (χ1v) is 8.11. The Balaban J connectivity index is 2.40. The monoisotopic (exact) mass is 344 g/mol. The smallest absolute Gasteiger partial charge is 0.339 e. The fourth-order valence-corrected chi connectivity index (χ4v) is 3.56. The quantitative estimate of drug-likeness (QED) is 0.789. The molecule has 2 rings (SSSR count). The first-order valence-electron chi connectivity index (χ1n) is 5.81. The molecule has 10 heteroatoms. The maximum absolute atomic E-state index is 12.3. The molecule has 0 atom stereocenters. The SMILES string of the molecule is COC(=O)c1ccc(O)cc1NS(=O)(=O)c1cnc(OC)s1. The molecular formula is C12H12N2O6S2. The third kappa shape index (κ3) is 3.28. The van der Waals surface area contributed by atoms with E-state index in [1.165, 1.54) is 26.4 Å². The molecule has 1 heterocycles. The first-order chi connectivity index (χ1) is 10.4. The van der Waals surface area contributed by atoms with E-state index < -0.39 is 16.0 Å². The number of carbonyl (C=O) groups excluding carboxylic acids is 1. The minimum absolute atomic E-state index is 0.0274. The fraction of sp³-hybridized carbons (Fsp3) is 0.167. The van der Waals surface area contributed by atoms with Crippen LogP contribution >= 0.6 is 11.3 Å². The van der Waals surface area contributed by atoms with Gasteiger partial charge in [0.15, 0.2) is 4.21 Å². The molecule has 8 nitrogen and oxygen atoms in total. The van der Waals surface area contributed by atoms with E-state index in [4.69, 9.17) is 4.74 Å². The maximum Gasteiger partial charge on any atom is 0.339 e. The lowest BCUT2D eigenvalue weighted by molar-refractivity contribution is 0.0602. The van der Waals surface area contributed by atoms with Crippen LogP contribution in [0.2, 0.25) is 0 Å². The fourth-order valence-electron chi connectivity index (χ4n) is 1.56. The van der Waals surface area contributed by atoms with Crippen molar-refractivity contribution >= 4 is 33.0 Å². The number of phenolic OH excluding ortho intramolecular Hbond substituents is 1. The minimum Gasteiger partial charge on any atom is -0.508 e. The molecule has 0 aliphatic carbocycles. The average molecular weight is 344 g/mol. The number of ether oxygens (including phenoxy) is 2. The highest BCUT2D eigenvalue weighted by atomic mass is 32.2. The van der Waals surface area contributed by atoms with Crippen molar-refractivity contribution in [3.63, 3.8) is 0 Å². The van der Waals surface area contributed by atoms with E-state index in [1.807, 2.05) is 0 Å². The standard InChI is InChI=1S/C12H12N2O6S2/c1-19-11(16)8-4-3-7(15)5-9(8)14-22(17,18)10-6-13-12(20-2)21-10/h3-6,14-15H,1-2H3. The second-order valence-electron chi connectivity index (χ2n) is 3.98. The van der Waals surface area contributed by atoms with Crippen LogP contribution in [0.15, 0.2) is 28.6 Å². The first kappa shape index (κ1) is 16.0. The number of methoxy groups -OCH3 is 2. The summed E-state index contributed by atoms with van der Waals surface area (Å²) in [5.74, 6) is -0.938. The van der Waals surface area contributed by atoms with Crippen molar-refractivity contribution in [1.29, 1.82) is 0 Å². The van der Waals surface area contributed by atoms with Gasteiger partial charge in [0.1, 0.15) is 5.75 Å². The number of hydrogen-bond acceptors (Lipinski definition) is 8. The van der Waals surface area contributed by atoms with E-state index in [-0.39, 0.29) is 26.4 Å². The molecular weight excluding hydrogens is 332 g/mol. The van der Waals surface area contributed by atoms with E-state index in [1.54, 1.807) is 0 Å². The van der Waals surface area contributed by atoms with Gasteiger partial charge in [-0.05, 0) is 12.1 Å². The molecule has 0 spiro atoms. The number of rotatable bonds is 5. The second kappa shape index (κ2) is 6.20. The molecule has 1 aromatic carbocycles. The summed E-state index contributed by atoms with van der Waals surface area (Å²) in [4.78, 5) is 15.4. The van der Waals surface area contributed by atoms with Gasteiger partial charge < -0.3 is 14.6 Å². The summed E-state index contributed by atoms with van der Waals surface area (Å²) >= 11 is 0.821. The van der Waals surface area contributed by atoms with Crippen LogP contribution in [0.5, 0.6) is 10.9 Å². The van der Waals surface area contributed by atoms with E-state index >= 15 is 0 Å². The van der Waals surface area contributed by atoms with Crippen LogP contribution in [0.1, 0.15) is 10.4 Å². The second-order valence-corrected chi connectivity index (χ2v) is 6.88. The van der Waals surface area contributed by atoms with Gasteiger partial charge in [0.2, 0.25) is 0 Å². The number of benzene rings is 1. The van der Waals surface area contributed by atoms with Gasteiger partial charge in [-0.15, -0.1) is 0 Å². The summed E-state index contributed by atoms with van der Waals surface area (Å²) in [6.07, 6.45) is 1.13. The number of aromatic nitrogens is 1. The Morgan fingerprint density at radius 1 is 1.36 bits per heavy atom. The highest BCUT2D eigenvalue weighted by Crippen LogP contribution is 2.29. The number of aromatic hydroxyl groups is 1. The van der Waals surface area contributed by atoms with Crippen LogP contribution < -0.4 is 9.46 Å². The third-order valence-corrected chi connectivity index (χ3v) is 5.34. The Bertz CT molecular complexity index is 800. The summed E-state index contributed by atoms with van der Waals surface area (Å²) in [5, 5.41) is 9.67.